The van der Waals surface area contributed by atoms with Crippen molar-refractivity contribution in [1.82, 2.24) is 14.9 Å². The number of thioether (sulfide) groups is 1. The first-order chi connectivity index (χ1) is 14.4. The van der Waals surface area contributed by atoms with E-state index in [2.05, 4.69) is 5.32 Å². The van der Waals surface area contributed by atoms with Crippen molar-refractivity contribution in [3.05, 3.63) is 51.6 Å². The molecule has 0 aliphatic heterocycles. The highest BCUT2D eigenvalue weighted by Crippen LogP contribution is 2.44. The highest BCUT2D eigenvalue weighted by Gasteiger charge is 2.31. The number of aromatic nitrogens is 2. The number of nitrogens with two attached hydrogens (primary N) is 1. The maximum atomic E-state index is 13.6. The number of para-hydroxylation sites is 1. The van der Waals surface area contributed by atoms with Crippen molar-refractivity contribution in [2.45, 2.75) is 43.0 Å². The molecule has 0 saturated heterocycles. The largest absolute Gasteiger partial charge is 0.351 e. The van der Waals surface area contributed by atoms with Gasteiger partial charge >= 0.3 is 6.03 Å². The molecule has 3 N–H and O–H groups in total. The molecule has 9 heteroatoms. The fraction of sp³-hybridized carbons (Fsp3) is 0.333. The van der Waals surface area contributed by atoms with Gasteiger partial charge in [-0.3, -0.25) is 19.5 Å². The van der Waals surface area contributed by atoms with Gasteiger partial charge in [0.25, 0.3) is 5.56 Å². The zero-order valence-electron chi connectivity index (χ0n) is 16.6. The number of carbonyl (C=O) groups excluding carboxylic acids is 2. The van der Waals surface area contributed by atoms with Crippen LogP contribution in [0.2, 0.25) is 0 Å². The van der Waals surface area contributed by atoms with Crippen molar-refractivity contribution < 1.29 is 9.59 Å². The van der Waals surface area contributed by atoms with Gasteiger partial charge < -0.3 is 5.73 Å². The van der Waals surface area contributed by atoms with Crippen LogP contribution >= 0.6 is 23.1 Å². The summed E-state index contributed by atoms with van der Waals surface area (Å²) in [6.07, 6.45) is 2.19. The average molecular weight is 443 g/mol. The van der Waals surface area contributed by atoms with E-state index in [1.54, 1.807) is 4.57 Å². The lowest BCUT2D eigenvalue weighted by atomic mass is 10.1. The van der Waals surface area contributed by atoms with Gasteiger partial charge in [0.05, 0.1) is 16.3 Å². The summed E-state index contributed by atoms with van der Waals surface area (Å²) in [4.78, 5) is 42.8. The van der Waals surface area contributed by atoms with Gasteiger partial charge in [-0.15, -0.1) is 11.3 Å². The van der Waals surface area contributed by atoms with Gasteiger partial charge in [-0.2, -0.15) is 0 Å². The fourth-order valence-electron chi connectivity index (χ4n) is 3.37. The molecule has 4 rings (SSSR count). The van der Waals surface area contributed by atoms with E-state index >= 15 is 0 Å². The highest BCUT2D eigenvalue weighted by molar-refractivity contribution is 8.00. The molecule has 1 saturated carbocycles. The summed E-state index contributed by atoms with van der Waals surface area (Å²) in [5.74, 6) is -0.182. The third-order valence-corrected chi connectivity index (χ3v) is 7.37. The number of hydrogen-bond acceptors (Lipinski definition) is 6. The Morgan fingerprint density at radius 3 is 2.57 bits per heavy atom. The molecule has 156 valence electrons. The smallest absolute Gasteiger partial charge is 0.318 e. The predicted octanol–water partition coefficient (Wildman–Crippen LogP) is 3.64. The summed E-state index contributed by atoms with van der Waals surface area (Å²) in [6.45, 7) is 3.75. The third-order valence-electron chi connectivity index (χ3n) is 4.98. The van der Waals surface area contributed by atoms with Crippen LogP contribution in [0.4, 0.5) is 4.79 Å². The van der Waals surface area contributed by atoms with E-state index in [1.807, 2.05) is 49.6 Å². The van der Waals surface area contributed by atoms with E-state index in [0.29, 0.717) is 27.0 Å². The van der Waals surface area contributed by atoms with Crippen molar-refractivity contribution in [1.29, 1.82) is 0 Å². The molecule has 30 heavy (non-hydrogen) atoms. The number of primary amides is 1. The number of urea groups is 1. The van der Waals surface area contributed by atoms with Crippen LogP contribution in [0.1, 0.15) is 38.2 Å². The Labute approximate surface area is 181 Å². The molecular formula is C21H22N4O3S2. The molecule has 2 aromatic heterocycles. The van der Waals surface area contributed by atoms with Crippen LogP contribution in [0.15, 0.2) is 45.7 Å². The van der Waals surface area contributed by atoms with Crippen molar-refractivity contribution in [2.75, 3.05) is 0 Å². The van der Waals surface area contributed by atoms with Crippen LogP contribution in [-0.2, 0) is 4.79 Å². The molecule has 0 spiro atoms. The van der Waals surface area contributed by atoms with E-state index in [1.165, 1.54) is 23.1 Å². The van der Waals surface area contributed by atoms with Gasteiger partial charge in [-0.1, -0.05) is 43.8 Å². The maximum Gasteiger partial charge on any atom is 0.318 e. The summed E-state index contributed by atoms with van der Waals surface area (Å²) in [6, 6.07) is 8.38. The molecule has 7 nitrogen and oxygen atoms in total. The number of nitrogens with one attached hydrogen (secondary N) is 1. The molecule has 1 aliphatic carbocycles. The first-order valence-corrected chi connectivity index (χ1v) is 11.5. The van der Waals surface area contributed by atoms with E-state index in [9.17, 15) is 14.4 Å². The summed E-state index contributed by atoms with van der Waals surface area (Å²) in [7, 11) is 0. The first kappa shape index (κ1) is 20.6. The van der Waals surface area contributed by atoms with Crippen LogP contribution in [-0.4, -0.2) is 26.7 Å². The maximum absolute atomic E-state index is 13.6. The molecule has 1 unspecified atom stereocenters. The Hall–Kier alpha value is -2.65. The van der Waals surface area contributed by atoms with Gasteiger partial charge in [0.15, 0.2) is 5.16 Å². The highest BCUT2D eigenvalue weighted by atomic mass is 32.2. The minimum absolute atomic E-state index is 0.114. The van der Waals surface area contributed by atoms with E-state index in [4.69, 9.17) is 10.7 Å². The zero-order chi connectivity index (χ0) is 21.4. The molecule has 0 bridgehead atoms. The summed E-state index contributed by atoms with van der Waals surface area (Å²) in [5.41, 5.74) is 6.76. The molecule has 1 fully saturated rings. The molecule has 3 amide bonds. The number of rotatable bonds is 6. The molecule has 3 aromatic rings. The lowest BCUT2D eigenvalue weighted by Crippen LogP contribution is -2.42. The Bertz CT molecular complexity index is 1170. The topological polar surface area (TPSA) is 107 Å². The first-order valence-electron chi connectivity index (χ1n) is 9.73. The van der Waals surface area contributed by atoms with E-state index in [0.717, 1.165) is 18.4 Å². The summed E-state index contributed by atoms with van der Waals surface area (Å²) < 4.78 is 1.57. The fourth-order valence-corrected chi connectivity index (χ4v) is 5.54. The van der Waals surface area contributed by atoms with Crippen LogP contribution in [0.25, 0.3) is 15.9 Å². The third kappa shape index (κ3) is 3.99. The second kappa shape index (κ2) is 8.23. The number of carbonyl (C=O) groups is 2. The lowest BCUT2D eigenvalue weighted by molar-refractivity contribution is -0.120. The minimum atomic E-state index is -0.901. The molecule has 0 radical (unpaired) electrons. The molecule has 1 aliphatic rings. The SMILES string of the molecule is CC(C)C(Sc1nc2scc(C3CC3)c2c(=O)n1-c1ccccc1)C(=O)NC(N)=O. The normalized spacial score (nSPS) is 14.8. The zero-order valence-corrected chi connectivity index (χ0v) is 18.3. The standard InChI is InChI=1S/C21H22N4O3S2/c1-11(2)16(17(26)23-20(22)28)30-21-24-18-15(14(10-29-18)12-8-9-12)19(27)25(21)13-6-4-3-5-7-13/h3-7,10-12,16H,8-9H2,1-2H3,(H3,22,23,26,28). The van der Waals surface area contributed by atoms with Gasteiger partial charge in [0.2, 0.25) is 5.91 Å². The van der Waals surface area contributed by atoms with Gasteiger partial charge in [-0.05, 0) is 47.8 Å². The number of thiophene rings is 1. The van der Waals surface area contributed by atoms with Crippen molar-refractivity contribution >= 4 is 45.3 Å². The molecular weight excluding hydrogens is 420 g/mol. The number of imide groups is 1. The molecule has 1 aromatic carbocycles. The summed E-state index contributed by atoms with van der Waals surface area (Å²) in [5, 5.41) is 4.62. The van der Waals surface area contributed by atoms with Gasteiger partial charge in [0, 0.05) is 0 Å². The summed E-state index contributed by atoms with van der Waals surface area (Å²) >= 11 is 2.63. The van der Waals surface area contributed by atoms with E-state index < -0.39 is 17.2 Å². The monoisotopic (exact) mass is 442 g/mol. The number of benzene rings is 1. The van der Waals surface area contributed by atoms with Crippen LogP contribution in [0.5, 0.6) is 0 Å². The average Bonchev–Trinajstić information content (AvgIpc) is 3.45. The van der Waals surface area contributed by atoms with Crippen LogP contribution < -0.4 is 16.6 Å². The molecule has 1 atom stereocenters. The Kier molecular flexibility index (Phi) is 5.66. The molecule has 2 heterocycles. The minimum Gasteiger partial charge on any atom is -0.351 e. The second-order valence-corrected chi connectivity index (χ2v) is 9.62. The number of hydrogen-bond donors (Lipinski definition) is 2. The van der Waals surface area contributed by atoms with E-state index in [-0.39, 0.29) is 11.5 Å². The van der Waals surface area contributed by atoms with Crippen molar-refractivity contribution in [2.24, 2.45) is 11.7 Å². The quantitative estimate of drug-likeness (QED) is 0.448. The Morgan fingerprint density at radius 2 is 1.97 bits per heavy atom. The number of fused-ring (bicyclic) bond motifs is 1. The number of amides is 3. The Morgan fingerprint density at radius 1 is 1.27 bits per heavy atom. The second-order valence-electron chi connectivity index (χ2n) is 7.65. The van der Waals surface area contributed by atoms with Gasteiger partial charge in [-0.25, -0.2) is 9.78 Å². The van der Waals surface area contributed by atoms with Crippen molar-refractivity contribution in [3.63, 3.8) is 0 Å². The predicted molar refractivity (Wildman–Crippen MR) is 119 cm³/mol. The number of nitrogens with zero attached hydrogens (tertiary/aromatic N) is 2. The van der Waals surface area contributed by atoms with Crippen LogP contribution in [0, 0.1) is 5.92 Å². The van der Waals surface area contributed by atoms with Gasteiger partial charge in [0.1, 0.15) is 4.83 Å². The van der Waals surface area contributed by atoms with Crippen molar-refractivity contribution in [3.8, 4) is 5.69 Å². The van der Waals surface area contributed by atoms with Crippen LogP contribution in [0.3, 0.4) is 0 Å². The Balaban J connectivity index is 1.87. The lowest BCUT2D eigenvalue weighted by Gasteiger charge is -2.20.